The second-order valence-electron chi connectivity index (χ2n) is 17.6. The Hall–Kier alpha value is -5.77. The first-order valence-corrected chi connectivity index (χ1v) is 20.7. The van der Waals surface area contributed by atoms with Gasteiger partial charge in [0, 0.05) is 22.5 Å². The SMILES string of the molecule is CC1(C)OB(c2ccc(-c3nc4ccccc4n3-c3ccccc3)cc2)OC1(C)C.CC1(C)OB(c2ccc(-c3nc4ccccc4n3-c3ccccc3)cc2)OC1(C)C. The zero-order chi connectivity index (χ0) is 41.9. The molecule has 300 valence electrons. The van der Waals surface area contributed by atoms with Crippen molar-refractivity contribution in [1.29, 1.82) is 0 Å². The minimum absolute atomic E-state index is 0.350. The maximum absolute atomic E-state index is 6.19. The largest absolute Gasteiger partial charge is 0.494 e. The Balaban J connectivity index is 0.000000154. The molecular weight excluding hydrogens is 742 g/mol. The number of fused-ring (bicyclic) bond motifs is 2. The lowest BCUT2D eigenvalue weighted by atomic mass is 9.79. The highest BCUT2D eigenvalue weighted by atomic mass is 16.7. The number of hydrogen-bond donors (Lipinski definition) is 0. The summed E-state index contributed by atoms with van der Waals surface area (Å²) in [4.78, 5) is 9.87. The molecule has 2 aliphatic rings. The monoisotopic (exact) mass is 792 g/mol. The molecule has 8 nitrogen and oxygen atoms in total. The first-order valence-electron chi connectivity index (χ1n) is 20.7. The summed E-state index contributed by atoms with van der Waals surface area (Å²) in [6, 6.07) is 53.9. The molecule has 6 aromatic carbocycles. The third-order valence-electron chi connectivity index (χ3n) is 12.5. The molecule has 0 N–H and O–H groups in total. The van der Waals surface area contributed by atoms with Gasteiger partial charge in [-0.1, -0.05) is 109 Å². The van der Waals surface area contributed by atoms with Crippen LogP contribution >= 0.6 is 0 Å². The normalized spacial score (nSPS) is 17.5. The first-order chi connectivity index (χ1) is 28.7. The van der Waals surface area contributed by atoms with Crippen LogP contribution < -0.4 is 10.9 Å². The predicted molar refractivity (Wildman–Crippen MR) is 244 cm³/mol. The molecule has 0 unspecified atom stereocenters. The van der Waals surface area contributed by atoms with Crippen LogP contribution in [-0.2, 0) is 18.6 Å². The van der Waals surface area contributed by atoms with Crippen molar-refractivity contribution >= 4 is 47.2 Å². The fourth-order valence-electron chi connectivity index (χ4n) is 7.65. The van der Waals surface area contributed by atoms with Crippen LogP contribution in [0.25, 0.3) is 56.2 Å². The molecular formula is C50H50B2N4O4. The molecule has 2 fully saturated rings. The van der Waals surface area contributed by atoms with Crippen LogP contribution in [-0.4, -0.2) is 55.7 Å². The molecule has 2 aliphatic heterocycles. The van der Waals surface area contributed by atoms with E-state index in [1.807, 2.05) is 24.3 Å². The van der Waals surface area contributed by atoms with Gasteiger partial charge in [-0.15, -0.1) is 0 Å². The fraction of sp³-hybridized carbons (Fsp3) is 0.240. The van der Waals surface area contributed by atoms with Gasteiger partial charge in [-0.25, -0.2) is 9.97 Å². The van der Waals surface area contributed by atoms with E-state index in [-0.39, 0.29) is 36.6 Å². The molecule has 0 bridgehead atoms. The minimum atomic E-state index is -0.364. The lowest BCUT2D eigenvalue weighted by molar-refractivity contribution is 0.00578. The van der Waals surface area contributed by atoms with Crippen molar-refractivity contribution in [2.45, 2.75) is 77.8 Å². The third-order valence-corrected chi connectivity index (χ3v) is 12.5. The highest BCUT2D eigenvalue weighted by Crippen LogP contribution is 2.38. The molecule has 2 saturated heterocycles. The summed E-state index contributed by atoms with van der Waals surface area (Å²) in [5.74, 6) is 1.84. The zero-order valence-electron chi connectivity index (χ0n) is 35.6. The molecule has 0 radical (unpaired) electrons. The van der Waals surface area contributed by atoms with Gasteiger partial charge >= 0.3 is 14.2 Å². The van der Waals surface area contributed by atoms with E-state index < -0.39 is 0 Å². The third kappa shape index (κ3) is 7.17. The molecule has 10 rings (SSSR count). The van der Waals surface area contributed by atoms with Gasteiger partial charge in [-0.2, -0.15) is 0 Å². The Labute approximate surface area is 353 Å². The van der Waals surface area contributed by atoms with E-state index in [1.165, 1.54) is 0 Å². The van der Waals surface area contributed by atoms with E-state index in [1.54, 1.807) is 0 Å². The second kappa shape index (κ2) is 15.0. The summed E-state index contributed by atoms with van der Waals surface area (Å²) in [5.41, 5.74) is 9.06. The van der Waals surface area contributed by atoms with Crippen LogP contribution in [0.1, 0.15) is 55.4 Å². The number of para-hydroxylation sites is 6. The summed E-state index contributed by atoms with van der Waals surface area (Å²) >= 11 is 0. The van der Waals surface area contributed by atoms with Gasteiger partial charge in [0.15, 0.2) is 0 Å². The lowest BCUT2D eigenvalue weighted by Crippen LogP contribution is -2.41. The quantitative estimate of drug-likeness (QED) is 0.156. The van der Waals surface area contributed by atoms with Crippen molar-refractivity contribution in [3.05, 3.63) is 158 Å². The summed E-state index contributed by atoms with van der Waals surface area (Å²) in [6.45, 7) is 16.6. The Morgan fingerprint density at radius 1 is 0.367 bits per heavy atom. The van der Waals surface area contributed by atoms with Crippen LogP contribution in [0.5, 0.6) is 0 Å². The fourth-order valence-corrected chi connectivity index (χ4v) is 7.65. The van der Waals surface area contributed by atoms with Gasteiger partial charge < -0.3 is 18.6 Å². The maximum Gasteiger partial charge on any atom is 0.494 e. The van der Waals surface area contributed by atoms with Crippen molar-refractivity contribution in [2.75, 3.05) is 0 Å². The van der Waals surface area contributed by atoms with Crippen LogP contribution in [0.4, 0.5) is 0 Å². The summed E-state index contributed by atoms with van der Waals surface area (Å²) in [6.07, 6.45) is 0. The molecule has 8 aromatic rings. The van der Waals surface area contributed by atoms with Crippen molar-refractivity contribution < 1.29 is 18.6 Å². The summed E-state index contributed by atoms with van der Waals surface area (Å²) < 4.78 is 29.2. The zero-order valence-corrected chi connectivity index (χ0v) is 35.6. The van der Waals surface area contributed by atoms with Crippen LogP contribution in [0.2, 0.25) is 0 Å². The van der Waals surface area contributed by atoms with Gasteiger partial charge in [0.2, 0.25) is 0 Å². The first kappa shape index (κ1) is 39.7. The van der Waals surface area contributed by atoms with E-state index in [4.69, 9.17) is 28.6 Å². The number of benzene rings is 6. The number of nitrogens with zero attached hydrogens (tertiary/aromatic N) is 4. The minimum Gasteiger partial charge on any atom is -0.399 e. The smallest absolute Gasteiger partial charge is 0.399 e. The average Bonchev–Trinajstić information content (AvgIpc) is 3.95. The molecule has 10 heteroatoms. The number of rotatable bonds is 6. The van der Waals surface area contributed by atoms with Gasteiger partial charge in [0.1, 0.15) is 11.6 Å². The number of imidazole rings is 2. The van der Waals surface area contributed by atoms with Crippen molar-refractivity contribution in [3.8, 4) is 34.2 Å². The van der Waals surface area contributed by atoms with Crippen molar-refractivity contribution in [3.63, 3.8) is 0 Å². The van der Waals surface area contributed by atoms with E-state index >= 15 is 0 Å². The van der Waals surface area contributed by atoms with Crippen LogP contribution in [0, 0.1) is 0 Å². The van der Waals surface area contributed by atoms with Crippen molar-refractivity contribution in [1.82, 2.24) is 19.1 Å². The standard InChI is InChI=1S/2C25H25BN2O2/c2*1-24(2)25(3,4)30-26(29-24)19-16-14-18(15-17-19)23-27-21-12-8-9-13-22(21)28(23)20-10-6-5-7-11-20/h2*5-17H,1-4H3. The Kier molecular flexibility index (Phi) is 9.95. The topological polar surface area (TPSA) is 72.6 Å². The molecule has 0 aliphatic carbocycles. The Bertz CT molecular complexity index is 2560. The molecule has 60 heavy (non-hydrogen) atoms. The Morgan fingerprint density at radius 2 is 0.667 bits per heavy atom. The van der Waals surface area contributed by atoms with Crippen LogP contribution in [0.15, 0.2) is 158 Å². The van der Waals surface area contributed by atoms with Gasteiger partial charge in [0.05, 0.1) is 44.5 Å². The van der Waals surface area contributed by atoms with E-state index in [2.05, 4.69) is 198 Å². The number of aromatic nitrogens is 4. The Morgan fingerprint density at radius 3 is 1.00 bits per heavy atom. The van der Waals surface area contributed by atoms with Gasteiger partial charge in [-0.3, -0.25) is 9.13 Å². The molecule has 0 amide bonds. The molecule has 2 aromatic heterocycles. The molecule has 0 atom stereocenters. The highest BCUT2D eigenvalue weighted by Gasteiger charge is 2.52. The maximum atomic E-state index is 6.19. The van der Waals surface area contributed by atoms with Gasteiger partial charge in [0.25, 0.3) is 0 Å². The highest BCUT2D eigenvalue weighted by molar-refractivity contribution is 6.62. The van der Waals surface area contributed by atoms with Gasteiger partial charge in [-0.05, 0) is 115 Å². The summed E-state index contributed by atoms with van der Waals surface area (Å²) in [5, 5.41) is 0. The van der Waals surface area contributed by atoms with Crippen molar-refractivity contribution in [2.24, 2.45) is 0 Å². The lowest BCUT2D eigenvalue weighted by Gasteiger charge is -2.32. The molecule has 4 heterocycles. The average molecular weight is 793 g/mol. The molecule has 0 spiro atoms. The van der Waals surface area contributed by atoms with E-state index in [0.717, 1.165) is 67.1 Å². The van der Waals surface area contributed by atoms with E-state index in [9.17, 15) is 0 Å². The second-order valence-corrected chi connectivity index (χ2v) is 17.6. The summed E-state index contributed by atoms with van der Waals surface area (Å²) in [7, 11) is -0.728. The number of hydrogen-bond acceptors (Lipinski definition) is 6. The van der Waals surface area contributed by atoms with Crippen LogP contribution in [0.3, 0.4) is 0 Å². The molecule has 0 saturated carbocycles. The predicted octanol–water partition coefficient (Wildman–Crippen LogP) is 9.98. The van der Waals surface area contributed by atoms with E-state index in [0.29, 0.717) is 0 Å².